The van der Waals surface area contributed by atoms with Crippen molar-refractivity contribution in [1.29, 1.82) is 0 Å². The molecule has 0 saturated carbocycles. The SMILES string of the molecule is O=C(Nc1ccc(Cl)cc1)c1ccccc1SCc1cn2ccccc2n1. The number of pyridine rings is 1. The van der Waals surface area contributed by atoms with Crippen molar-refractivity contribution in [1.82, 2.24) is 9.38 Å². The molecule has 0 aliphatic carbocycles. The molecule has 2 aromatic carbocycles. The largest absolute Gasteiger partial charge is 0.322 e. The molecule has 0 bridgehead atoms. The fourth-order valence-electron chi connectivity index (χ4n) is 2.72. The number of benzene rings is 2. The van der Waals surface area contributed by atoms with Crippen LogP contribution in [0.3, 0.4) is 0 Å². The second-order valence-electron chi connectivity index (χ2n) is 5.94. The van der Waals surface area contributed by atoms with E-state index in [4.69, 9.17) is 11.6 Å². The Bertz CT molecular complexity index is 1060. The highest BCUT2D eigenvalue weighted by atomic mass is 35.5. The molecule has 0 saturated heterocycles. The first kappa shape index (κ1) is 17.6. The molecule has 0 aliphatic rings. The summed E-state index contributed by atoms with van der Waals surface area (Å²) in [5, 5.41) is 3.55. The summed E-state index contributed by atoms with van der Waals surface area (Å²) in [6.45, 7) is 0. The standard InChI is InChI=1S/C21H16ClN3OS/c22-15-8-10-16(11-9-15)24-21(26)18-5-1-2-6-19(18)27-14-17-13-25-12-4-3-7-20(25)23-17/h1-13H,14H2,(H,24,26). The average molecular weight is 394 g/mol. The highest BCUT2D eigenvalue weighted by Gasteiger charge is 2.12. The lowest BCUT2D eigenvalue weighted by Gasteiger charge is -2.09. The third kappa shape index (κ3) is 4.15. The van der Waals surface area contributed by atoms with Crippen molar-refractivity contribution in [2.24, 2.45) is 0 Å². The van der Waals surface area contributed by atoms with Gasteiger partial charge >= 0.3 is 0 Å². The van der Waals surface area contributed by atoms with Gasteiger partial charge in [0.1, 0.15) is 5.65 Å². The monoisotopic (exact) mass is 393 g/mol. The number of aromatic nitrogens is 2. The van der Waals surface area contributed by atoms with Crippen molar-refractivity contribution in [3.63, 3.8) is 0 Å². The molecule has 2 aromatic heterocycles. The maximum absolute atomic E-state index is 12.7. The van der Waals surface area contributed by atoms with Crippen LogP contribution < -0.4 is 5.32 Å². The van der Waals surface area contributed by atoms with Gasteiger partial charge in [0, 0.05) is 33.8 Å². The van der Waals surface area contributed by atoms with Crippen molar-refractivity contribution in [2.45, 2.75) is 10.6 Å². The number of carbonyl (C=O) groups excluding carboxylic acids is 1. The van der Waals surface area contributed by atoms with Crippen LogP contribution in [-0.4, -0.2) is 15.3 Å². The Morgan fingerprint density at radius 2 is 1.81 bits per heavy atom. The quantitative estimate of drug-likeness (QED) is 0.453. The summed E-state index contributed by atoms with van der Waals surface area (Å²) >= 11 is 7.49. The fraction of sp³-hybridized carbons (Fsp3) is 0.0476. The Morgan fingerprint density at radius 1 is 1.04 bits per heavy atom. The van der Waals surface area contributed by atoms with Crippen LogP contribution in [0.1, 0.15) is 16.1 Å². The highest BCUT2D eigenvalue weighted by molar-refractivity contribution is 7.98. The molecular weight excluding hydrogens is 378 g/mol. The number of carbonyl (C=O) groups is 1. The number of anilines is 1. The van der Waals surface area contributed by atoms with Crippen molar-refractivity contribution in [3.05, 3.63) is 95.4 Å². The van der Waals surface area contributed by atoms with E-state index in [2.05, 4.69) is 10.3 Å². The molecule has 0 unspecified atom stereocenters. The maximum atomic E-state index is 12.7. The molecule has 0 atom stereocenters. The molecular formula is C21H16ClN3OS. The Kier molecular flexibility index (Phi) is 5.14. The normalized spacial score (nSPS) is 10.9. The molecule has 0 fully saturated rings. The summed E-state index contributed by atoms with van der Waals surface area (Å²) in [5.41, 5.74) is 3.24. The van der Waals surface area contributed by atoms with E-state index in [9.17, 15) is 4.79 Å². The lowest BCUT2D eigenvalue weighted by molar-refractivity contribution is 0.102. The van der Waals surface area contributed by atoms with Gasteiger partial charge in [-0.2, -0.15) is 0 Å². The van der Waals surface area contributed by atoms with Gasteiger partial charge in [0.15, 0.2) is 0 Å². The molecule has 4 aromatic rings. The van der Waals surface area contributed by atoms with Crippen LogP contribution in [-0.2, 0) is 5.75 Å². The lowest BCUT2D eigenvalue weighted by atomic mass is 10.2. The molecule has 0 spiro atoms. The zero-order chi connectivity index (χ0) is 18.6. The molecule has 2 heterocycles. The van der Waals surface area contributed by atoms with Gasteiger partial charge in [0.25, 0.3) is 5.91 Å². The van der Waals surface area contributed by atoms with Crippen LogP contribution >= 0.6 is 23.4 Å². The Labute approximate surface area is 166 Å². The number of halogens is 1. The van der Waals surface area contributed by atoms with Crippen LogP contribution in [0.5, 0.6) is 0 Å². The van der Waals surface area contributed by atoms with Gasteiger partial charge < -0.3 is 9.72 Å². The Balaban J connectivity index is 1.50. The predicted octanol–water partition coefficient (Wildman–Crippen LogP) is 5.53. The van der Waals surface area contributed by atoms with Gasteiger partial charge in [-0.1, -0.05) is 29.8 Å². The van der Waals surface area contributed by atoms with Crippen LogP contribution in [0.4, 0.5) is 5.69 Å². The third-order valence-electron chi connectivity index (χ3n) is 4.02. The average Bonchev–Trinajstić information content (AvgIpc) is 3.11. The molecule has 1 amide bonds. The van der Waals surface area contributed by atoms with Gasteiger partial charge in [-0.3, -0.25) is 4.79 Å². The predicted molar refractivity (Wildman–Crippen MR) is 111 cm³/mol. The van der Waals surface area contributed by atoms with Gasteiger partial charge in [-0.15, -0.1) is 11.8 Å². The van der Waals surface area contributed by atoms with Crippen molar-refractivity contribution < 1.29 is 4.79 Å². The lowest BCUT2D eigenvalue weighted by Crippen LogP contribution is -2.12. The zero-order valence-electron chi connectivity index (χ0n) is 14.3. The van der Waals surface area contributed by atoms with Crippen LogP contribution in [0.25, 0.3) is 5.65 Å². The van der Waals surface area contributed by atoms with Gasteiger partial charge in [0.2, 0.25) is 0 Å². The number of amides is 1. The first-order chi connectivity index (χ1) is 13.2. The molecule has 27 heavy (non-hydrogen) atoms. The number of nitrogens with one attached hydrogen (secondary N) is 1. The summed E-state index contributed by atoms with van der Waals surface area (Å²) in [4.78, 5) is 18.2. The van der Waals surface area contributed by atoms with Crippen LogP contribution in [0.2, 0.25) is 5.02 Å². The molecule has 134 valence electrons. The van der Waals surface area contributed by atoms with E-state index < -0.39 is 0 Å². The minimum Gasteiger partial charge on any atom is -0.322 e. The zero-order valence-corrected chi connectivity index (χ0v) is 15.9. The van der Waals surface area contributed by atoms with E-state index in [1.165, 1.54) is 0 Å². The second-order valence-corrected chi connectivity index (χ2v) is 7.40. The maximum Gasteiger partial charge on any atom is 0.256 e. The van der Waals surface area contributed by atoms with Gasteiger partial charge in [0.05, 0.1) is 11.3 Å². The van der Waals surface area contributed by atoms with E-state index >= 15 is 0 Å². The molecule has 0 aliphatic heterocycles. The van der Waals surface area contributed by atoms with Crippen LogP contribution in [0, 0.1) is 0 Å². The number of hydrogen-bond donors (Lipinski definition) is 1. The Hall–Kier alpha value is -2.76. The molecule has 4 nitrogen and oxygen atoms in total. The van der Waals surface area contributed by atoms with Gasteiger partial charge in [-0.05, 0) is 48.5 Å². The van der Waals surface area contributed by atoms with Gasteiger partial charge in [-0.25, -0.2) is 4.98 Å². The van der Waals surface area contributed by atoms with E-state index in [0.717, 1.165) is 16.2 Å². The van der Waals surface area contributed by atoms with Crippen molar-refractivity contribution in [3.8, 4) is 0 Å². The molecule has 0 radical (unpaired) electrons. The van der Waals surface area contributed by atoms with E-state index in [-0.39, 0.29) is 5.91 Å². The third-order valence-corrected chi connectivity index (χ3v) is 5.38. The van der Waals surface area contributed by atoms with E-state index in [0.29, 0.717) is 22.0 Å². The number of rotatable bonds is 5. The number of imidazole rings is 1. The topological polar surface area (TPSA) is 46.4 Å². The summed E-state index contributed by atoms with van der Waals surface area (Å²) in [5.74, 6) is 0.544. The van der Waals surface area contributed by atoms with E-state index in [1.54, 1.807) is 36.0 Å². The smallest absolute Gasteiger partial charge is 0.256 e. The van der Waals surface area contributed by atoms with Crippen molar-refractivity contribution in [2.75, 3.05) is 5.32 Å². The number of nitrogens with zero attached hydrogens (tertiary/aromatic N) is 2. The summed E-state index contributed by atoms with van der Waals surface area (Å²) in [6, 6.07) is 20.6. The molecule has 6 heteroatoms. The summed E-state index contributed by atoms with van der Waals surface area (Å²) in [6.07, 6.45) is 3.99. The fourth-order valence-corrected chi connectivity index (χ4v) is 3.78. The van der Waals surface area contributed by atoms with Crippen LogP contribution in [0.15, 0.2) is 84.0 Å². The minimum atomic E-state index is -0.143. The summed E-state index contributed by atoms with van der Waals surface area (Å²) in [7, 11) is 0. The number of hydrogen-bond acceptors (Lipinski definition) is 3. The first-order valence-electron chi connectivity index (χ1n) is 8.40. The Morgan fingerprint density at radius 3 is 2.63 bits per heavy atom. The second kappa shape index (κ2) is 7.86. The first-order valence-corrected chi connectivity index (χ1v) is 9.77. The number of fused-ring (bicyclic) bond motifs is 1. The number of thioether (sulfide) groups is 1. The highest BCUT2D eigenvalue weighted by Crippen LogP contribution is 2.27. The minimum absolute atomic E-state index is 0.143. The van der Waals surface area contributed by atoms with Crippen molar-refractivity contribution >= 4 is 40.6 Å². The molecule has 4 rings (SSSR count). The van der Waals surface area contributed by atoms with E-state index in [1.807, 2.05) is 59.3 Å². The molecule has 1 N–H and O–H groups in total. The summed E-state index contributed by atoms with van der Waals surface area (Å²) < 4.78 is 2.00.